The first-order chi connectivity index (χ1) is 21.0. The number of aliphatic hydroxyl groups is 1. The second-order valence-corrected chi connectivity index (χ2v) is 15.8. The third-order valence-electron chi connectivity index (χ3n) is 8.23. The topological polar surface area (TPSA) is 156 Å². The van der Waals surface area contributed by atoms with E-state index in [1.807, 2.05) is 51.1 Å². The summed E-state index contributed by atoms with van der Waals surface area (Å²) < 4.78 is 25.9. The molecule has 1 saturated heterocycles. The summed E-state index contributed by atoms with van der Waals surface area (Å²) in [7, 11) is -3.67. The highest BCUT2D eigenvalue weighted by atomic mass is 32.2. The maximum Gasteiger partial charge on any atom is 0.261 e. The van der Waals surface area contributed by atoms with Crippen molar-refractivity contribution < 1.29 is 32.8 Å². The smallest absolute Gasteiger partial charge is 0.261 e. The number of carbonyl (C=O) groups is 2. The number of piperidine rings is 1. The number of benzene rings is 2. The van der Waals surface area contributed by atoms with Gasteiger partial charge in [0.2, 0.25) is 5.91 Å². The van der Waals surface area contributed by atoms with E-state index in [1.54, 1.807) is 36.9 Å². The molecule has 1 aliphatic heterocycles. The van der Waals surface area contributed by atoms with Crippen LogP contribution < -0.4 is 10.6 Å². The van der Waals surface area contributed by atoms with Crippen LogP contribution in [0.15, 0.2) is 53.4 Å². The summed E-state index contributed by atoms with van der Waals surface area (Å²) >= 11 is 1.57. The van der Waals surface area contributed by atoms with Crippen molar-refractivity contribution in [1.82, 2.24) is 15.5 Å². The van der Waals surface area contributed by atoms with Gasteiger partial charge in [-0.25, -0.2) is 0 Å². The van der Waals surface area contributed by atoms with Crippen molar-refractivity contribution >= 4 is 33.7 Å². The lowest BCUT2D eigenvalue weighted by Crippen LogP contribution is -2.60. The molecule has 10 nitrogen and oxygen atoms in total. The highest BCUT2D eigenvalue weighted by molar-refractivity contribution is 7.99. The van der Waals surface area contributed by atoms with Crippen LogP contribution in [0.5, 0.6) is 5.75 Å². The minimum atomic E-state index is -3.67. The Balaban J connectivity index is 0.00000102. The number of nitrogens with zero attached hydrogens (tertiary/aromatic N) is 1. The number of hydrogen-bond donors (Lipinski definition) is 5. The molecule has 2 amide bonds. The lowest BCUT2D eigenvalue weighted by atomic mass is 9.72. The Kier molecular flexibility index (Phi) is 13.3. The van der Waals surface area contributed by atoms with Crippen molar-refractivity contribution in [3.8, 4) is 5.75 Å². The van der Waals surface area contributed by atoms with Gasteiger partial charge in [0.15, 0.2) is 0 Å². The van der Waals surface area contributed by atoms with Crippen LogP contribution in [0.1, 0.15) is 68.8 Å². The normalized spacial score (nSPS) is 21.8. The standard InChI is InChI=1S/C32H45N3O4S.CH4O3S/c1-21-25(15-10-16-28(21)36)30(38)33-26(20-40-24-13-6-5-7-14-24)29(37)19-35-18-23-12-9-8-11-22(23)17-27(35)31(39)34-32(2,3)4;1-5(2,3)4/h5-7,10,13-16,22-23,26-27,29,36-37H,8-9,11-12,17-20H2,1-4H3,(H,33,38)(H,34,39);1H3,(H,2,3,4)/t22-,23-,26?,27?,29?;/m0./s1. The highest BCUT2D eigenvalue weighted by Gasteiger charge is 2.41. The largest absolute Gasteiger partial charge is 0.508 e. The maximum atomic E-state index is 13.5. The Bertz CT molecular complexity index is 1370. The van der Waals surface area contributed by atoms with Crippen LogP contribution in [0, 0.1) is 18.8 Å². The Labute approximate surface area is 272 Å². The summed E-state index contributed by atoms with van der Waals surface area (Å²) in [6.45, 7) is 8.76. The van der Waals surface area contributed by atoms with Crippen LogP contribution in [0.3, 0.4) is 0 Å². The van der Waals surface area contributed by atoms with Gasteiger partial charge in [-0.15, -0.1) is 11.8 Å². The molecule has 0 spiro atoms. The van der Waals surface area contributed by atoms with E-state index in [0.29, 0.717) is 41.5 Å². The van der Waals surface area contributed by atoms with Crippen LogP contribution in [0.4, 0.5) is 0 Å². The Hall–Kier alpha value is -2.64. The number of likely N-dealkylation sites (tertiary alicyclic amines) is 1. The predicted octanol–water partition coefficient (Wildman–Crippen LogP) is 4.25. The second kappa shape index (κ2) is 16.3. The van der Waals surface area contributed by atoms with Crippen molar-refractivity contribution in [1.29, 1.82) is 0 Å². The van der Waals surface area contributed by atoms with E-state index < -0.39 is 22.3 Å². The van der Waals surface area contributed by atoms with Crippen molar-refractivity contribution in [2.45, 2.75) is 88.4 Å². The Morgan fingerprint density at radius 2 is 1.67 bits per heavy atom. The maximum absolute atomic E-state index is 13.5. The van der Waals surface area contributed by atoms with E-state index in [0.717, 1.165) is 30.7 Å². The van der Waals surface area contributed by atoms with E-state index in [1.165, 1.54) is 12.8 Å². The summed E-state index contributed by atoms with van der Waals surface area (Å²) in [5.41, 5.74) is 0.543. The van der Waals surface area contributed by atoms with Crippen LogP contribution in [-0.4, -0.2) is 88.7 Å². The number of nitrogens with one attached hydrogen (secondary N) is 2. The molecular formula is C33H49N3O7S2. The molecule has 0 aromatic heterocycles. The summed E-state index contributed by atoms with van der Waals surface area (Å²) in [6, 6.07) is 13.9. The fourth-order valence-electron chi connectivity index (χ4n) is 6.06. The van der Waals surface area contributed by atoms with Gasteiger partial charge in [0.25, 0.3) is 16.0 Å². The first-order valence-corrected chi connectivity index (χ1v) is 18.3. The third-order valence-corrected chi connectivity index (χ3v) is 9.36. The minimum Gasteiger partial charge on any atom is -0.508 e. The summed E-state index contributed by atoms with van der Waals surface area (Å²) in [5.74, 6) is 1.27. The average Bonchev–Trinajstić information content (AvgIpc) is 2.95. The third kappa shape index (κ3) is 12.2. The Morgan fingerprint density at radius 1 is 1.04 bits per heavy atom. The molecule has 2 aromatic carbocycles. The number of amides is 2. The van der Waals surface area contributed by atoms with Gasteiger partial charge in [-0.3, -0.25) is 19.0 Å². The van der Waals surface area contributed by atoms with Gasteiger partial charge in [-0.1, -0.05) is 43.5 Å². The Morgan fingerprint density at radius 3 is 2.29 bits per heavy atom. The highest BCUT2D eigenvalue weighted by Crippen LogP contribution is 2.39. The number of carbonyl (C=O) groups excluding carboxylic acids is 2. The number of phenolic OH excluding ortho intramolecular Hbond substituents is 1. The monoisotopic (exact) mass is 663 g/mol. The van der Waals surface area contributed by atoms with E-state index in [-0.39, 0.29) is 29.1 Å². The molecule has 2 aromatic rings. The number of fused-ring (bicyclic) bond motifs is 1. The number of aliphatic hydroxyl groups excluding tert-OH is 1. The molecule has 0 radical (unpaired) electrons. The summed E-state index contributed by atoms with van der Waals surface area (Å²) in [5, 5.41) is 28.0. The zero-order chi connectivity index (χ0) is 33.4. The zero-order valence-electron chi connectivity index (χ0n) is 26.9. The van der Waals surface area contributed by atoms with Gasteiger partial charge < -0.3 is 20.8 Å². The molecule has 0 bridgehead atoms. The molecule has 4 rings (SSSR count). The molecule has 1 heterocycles. The van der Waals surface area contributed by atoms with Gasteiger partial charge in [-0.2, -0.15) is 8.42 Å². The molecule has 5 atom stereocenters. The van der Waals surface area contributed by atoms with Gasteiger partial charge in [-0.05, 0) is 76.6 Å². The van der Waals surface area contributed by atoms with Gasteiger partial charge in [0, 0.05) is 40.4 Å². The van der Waals surface area contributed by atoms with Gasteiger partial charge >= 0.3 is 0 Å². The minimum absolute atomic E-state index is 0.0124. The molecule has 250 valence electrons. The molecule has 2 aliphatic rings. The van der Waals surface area contributed by atoms with Crippen LogP contribution in [0.2, 0.25) is 0 Å². The average molecular weight is 664 g/mol. The van der Waals surface area contributed by atoms with Gasteiger partial charge in [0.1, 0.15) is 5.75 Å². The van der Waals surface area contributed by atoms with Gasteiger partial charge in [0.05, 0.1) is 24.4 Å². The van der Waals surface area contributed by atoms with E-state index in [2.05, 4.69) is 15.5 Å². The molecule has 5 N–H and O–H groups in total. The van der Waals surface area contributed by atoms with E-state index in [4.69, 9.17) is 4.55 Å². The molecule has 1 saturated carbocycles. The van der Waals surface area contributed by atoms with Crippen molar-refractivity contribution in [3.05, 3.63) is 59.7 Å². The first-order valence-electron chi connectivity index (χ1n) is 15.5. The SMILES string of the molecule is CS(=O)(=O)O.Cc1c(O)cccc1C(=O)NC(CSc1ccccc1)C(O)CN1C[C@@H]2CCCC[C@H]2CC1C(=O)NC(C)(C)C. The number of β-amino-alcohol motifs (C(OH)–C–C–N with tert-alkyl or cyclic N) is 1. The van der Waals surface area contributed by atoms with Crippen molar-refractivity contribution in [2.24, 2.45) is 11.8 Å². The molecule has 1 aliphatic carbocycles. The molecular weight excluding hydrogens is 615 g/mol. The van der Waals surface area contributed by atoms with E-state index in [9.17, 15) is 28.2 Å². The van der Waals surface area contributed by atoms with Crippen LogP contribution in [0.25, 0.3) is 0 Å². The fraction of sp³-hybridized carbons (Fsp3) is 0.576. The molecule has 45 heavy (non-hydrogen) atoms. The number of thioether (sulfide) groups is 1. The second-order valence-electron chi connectivity index (χ2n) is 13.2. The fourth-order valence-corrected chi connectivity index (χ4v) is 7.09. The number of hydrogen-bond acceptors (Lipinski definition) is 8. The predicted molar refractivity (Wildman–Crippen MR) is 178 cm³/mol. The lowest BCUT2D eigenvalue weighted by molar-refractivity contribution is -0.132. The summed E-state index contributed by atoms with van der Waals surface area (Å²) in [6.07, 6.45) is 5.39. The van der Waals surface area contributed by atoms with E-state index >= 15 is 0 Å². The molecule has 12 heteroatoms. The first kappa shape index (κ1) is 36.8. The van der Waals surface area contributed by atoms with Crippen LogP contribution >= 0.6 is 11.8 Å². The lowest BCUT2D eigenvalue weighted by Gasteiger charge is -2.47. The number of phenols is 1. The number of aromatic hydroxyl groups is 1. The quantitative estimate of drug-likeness (QED) is 0.196. The molecule has 2 fully saturated rings. The zero-order valence-corrected chi connectivity index (χ0v) is 28.5. The van der Waals surface area contributed by atoms with Crippen molar-refractivity contribution in [2.75, 3.05) is 25.1 Å². The number of rotatable bonds is 9. The summed E-state index contributed by atoms with van der Waals surface area (Å²) in [4.78, 5) is 30.0. The molecule has 3 unspecified atom stereocenters. The van der Waals surface area contributed by atoms with Crippen LogP contribution in [-0.2, 0) is 14.9 Å². The van der Waals surface area contributed by atoms with Crippen molar-refractivity contribution in [3.63, 3.8) is 0 Å².